The zero-order valence-electron chi connectivity index (χ0n) is 15.7. The lowest BCUT2D eigenvalue weighted by Gasteiger charge is -2.19. The molecule has 0 aromatic heterocycles. The molecule has 1 atom stereocenters. The van der Waals surface area contributed by atoms with Crippen LogP contribution >= 0.6 is 0 Å². The number of rotatable bonds is 6. The third-order valence-corrected chi connectivity index (χ3v) is 4.47. The summed E-state index contributed by atoms with van der Waals surface area (Å²) in [5.74, 6) is 2.11. The van der Waals surface area contributed by atoms with Crippen molar-refractivity contribution in [2.45, 2.75) is 39.7 Å². The highest BCUT2D eigenvalue weighted by molar-refractivity contribution is 5.79. The SMILES string of the molecule is CC(C)Cc1ccc(C(C)NC(=O)Cc2ccc3c(c2)OCCO3)cc1. The molecule has 1 aliphatic rings. The van der Waals surface area contributed by atoms with Gasteiger partial charge >= 0.3 is 0 Å². The molecule has 0 fully saturated rings. The van der Waals surface area contributed by atoms with Gasteiger partial charge < -0.3 is 14.8 Å². The predicted octanol–water partition coefficient (Wildman–Crippen LogP) is 4.08. The summed E-state index contributed by atoms with van der Waals surface area (Å²) in [6.45, 7) is 7.56. The van der Waals surface area contributed by atoms with Gasteiger partial charge in [0.05, 0.1) is 12.5 Å². The van der Waals surface area contributed by atoms with Crippen LogP contribution in [0.2, 0.25) is 0 Å². The Morgan fingerprint density at radius 3 is 2.31 bits per heavy atom. The lowest BCUT2D eigenvalue weighted by Crippen LogP contribution is -2.28. The first-order chi connectivity index (χ1) is 12.5. The average Bonchev–Trinajstić information content (AvgIpc) is 2.61. The fourth-order valence-corrected chi connectivity index (χ4v) is 3.17. The summed E-state index contributed by atoms with van der Waals surface area (Å²) >= 11 is 0. The molecule has 1 heterocycles. The molecular formula is C22H27NO3. The highest BCUT2D eigenvalue weighted by atomic mass is 16.6. The van der Waals surface area contributed by atoms with E-state index >= 15 is 0 Å². The molecule has 0 radical (unpaired) electrons. The van der Waals surface area contributed by atoms with Gasteiger partial charge in [-0.05, 0) is 48.1 Å². The van der Waals surface area contributed by atoms with E-state index in [0.29, 0.717) is 25.6 Å². The number of amides is 1. The Labute approximate surface area is 155 Å². The van der Waals surface area contributed by atoms with E-state index in [0.717, 1.165) is 29.0 Å². The Morgan fingerprint density at radius 2 is 1.62 bits per heavy atom. The second kappa shape index (κ2) is 8.26. The van der Waals surface area contributed by atoms with Crippen molar-refractivity contribution in [2.75, 3.05) is 13.2 Å². The normalized spacial score (nSPS) is 14.2. The third kappa shape index (κ3) is 4.78. The third-order valence-electron chi connectivity index (χ3n) is 4.47. The molecule has 1 unspecified atom stereocenters. The fourth-order valence-electron chi connectivity index (χ4n) is 3.17. The fraction of sp³-hybridized carbons (Fsp3) is 0.409. The maximum atomic E-state index is 12.4. The molecule has 4 heteroatoms. The Balaban J connectivity index is 1.57. The highest BCUT2D eigenvalue weighted by Crippen LogP contribution is 2.30. The standard InChI is InChI=1S/C22H27NO3/c1-15(2)12-17-4-7-19(8-5-17)16(3)23-22(24)14-18-6-9-20-21(13-18)26-11-10-25-20/h4-9,13,15-16H,10-12,14H2,1-3H3,(H,23,24). The Morgan fingerprint density at radius 1 is 0.962 bits per heavy atom. The van der Waals surface area contributed by atoms with E-state index < -0.39 is 0 Å². The van der Waals surface area contributed by atoms with Crippen LogP contribution in [0.3, 0.4) is 0 Å². The van der Waals surface area contributed by atoms with Crippen LogP contribution in [0.1, 0.15) is 43.5 Å². The smallest absolute Gasteiger partial charge is 0.224 e. The molecule has 0 saturated carbocycles. The number of hydrogen-bond acceptors (Lipinski definition) is 3. The number of hydrogen-bond donors (Lipinski definition) is 1. The van der Waals surface area contributed by atoms with Gasteiger partial charge in [-0.15, -0.1) is 0 Å². The lowest BCUT2D eigenvalue weighted by molar-refractivity contribution is -0.121. The van der Waals surface area contributed by atoms with Crippen molar-refractivity contribution in [1.82, 2.24) is 5.32 Å². The molecular weight excluding hydrogens is 326 g/mol. The number of carbonyl (C=O) groups is 1. The molecule has 1 amide bonds. The number of carbonyl (C=O) groups excluding carboxylic acids is 1. The van der Waals surface area contributed by atoms with Crippen LogP contribution in [0.5, 0.6) is 11.5 Å². The van der Waals surface area contributed by atoms with Gasteiger partial charge in [0, 0.05) is 0 Å². The minimum absolute atomic E-state index is 0.000403. The molecule has 0 aliphatic carbocycles. The van der Waals surface area contributed by atoms with Crippen molar-refractivity contribution in [2.24, 2.45) is 5.92 Å². The zero-order chi connectivity index (χ0) is 18.5. The summed E-state index contributed by atoms with van der Waals surface area (Å²) < 4.78 is 11.1. The van der Waals surface area contributed by atoms with E-state index in [9.17, 15) is 4.79 Å². The van der Waals surface area contributed by atoms with Gasteiger partial charge in [-0.2, -0.15) is 0 Å². The summed E-state index contributed by atoms with van der Waals surface area (Å²) in [4.78, 5) is 12.4. The Bertz CT molecular complexity index is 752. The van der Waals surface area contributed by atoms with Gasteiger partial charge in [-0.25, -0.2) is 0 Å². The summed E-state index contributed by atoms with van der Waals surface area (Å²) in [7, 11) is 0. The van der Waals surface area contributed by atoms with Crippen LogP contribution in [-0.2, 0) is 17.6 Å². The molecule has 0 saturated heterocycles. The van der Waals surface area contributed by atoms with Gasteiger partial charge in [-0.3, -0.25) is 4.79 Å². The van der Waals surface area contributed by atoms with Crippen molar-refractivity contribution < 1.29 is 14.3 Å². The maximum Gasteiger partial charge on any atom is 0.224 e. The van der Waals surface area contributed by atoms with Crippen LogP contribution in [0.15, 0.2) is 42.5 Å². The molecule has 26 heavy (non-hydrogen) atoms. The molecule has 2 aromatic carbocycles. The average molecular weight is 353 g/mol. The minimum Gasteiger partial charge on any atom is -0.486 e. The van der Waals surface area contributed by atoms with Crippen LogP contribution in [0, 0.1) is 5.92 Å². The van der Waals surface area contributed by atoms with Crippen molar-refractivity contribution in [1.29, 1.82) is 0 Å². The van der Waals surface area contributed by atoms with Gasteiger partial charge in [0.15, 0.2) is 11.5 Å². The van der Waals surface area contributed by atoms with Crippen LogP contribution in [-0.4, -0.2) is 19.1 Å². The monoisotopic (exact) mass is 353 g/mol. The summed E-state index contributed by atoms with van der Waals surface area (Å²) in [5, 5.41) is 3.07. The molecule has 0 bridgehead atoms. The first-order valence-electron chi connectivity index (χ1n) is 9.28. The van der Waals surface area contributed by atoms with Crippen molar-refractivity contribution in [3.05, 3.63) is 59.2 Å². The van der Waals surface area contributed by atoms with Crippen molar-refractivity contribution in [3.63, 3.8) is 0 Å². The number of benzene rings is 2. The Hall–Kier alpha value is -2.49. The van der Waals surface area contributed by atoms with E-state index in [4.69, 9.17) is 9.47 Å². The second-order valence-electron chi connectivity index (χ2n) is 7.28. The summed E-state index contributed by atoms with van der Waals surface area (Å²) in [6, 6.07) is 14.2. The molecule has 138 valence electrons. The maximum absolute atomic E-state index is 12.4. The van der Waals surface area contributed by atoms with Crippen molar-refractivity contribution in [3.8, 4) is 11.5 Å². The van der Waals surface area contributed by atoms with Crippen molar-refractivity contribution >= 4 is 5.91 Å². The van der Waals surface area contributed by atoms with Crippen LogP contribution in [0.4, 0.5) is 0 Å². The number of nitrogens with one attached hydrogen (secondary N) is 1. The van der Waals surface area contributed by atoms with E-state index in [1.54, 1.807) is 0 Å². The van der Waals surface area contributed by atoms with Gasteiger partial charge in [0.1, 0.15) is 13.2 Å². The molecule has 1 N–H and O–H groups in total. The Kier molecular flexibility index (Phi) is 5.82. The van der Waals surface area contributed by atoms with E-state index in [1.165, 1.54) is 5.56 Å². The molecule has 1 aliphatic heterocycles. The minimum atomic E-state index is -0.0205. The molecule has 0 spiro atoms. The van der Waals surface area contributed by atoms with E-state index in [1.807, 2.05) is 25.1 Å². The predicted molar refractivity (Wildman–Crippen MR) is 103 cm³/mol. The van der Waals surface area contributed by atoms with E-state index in [-0.39, 0.29) is 11.9 Å². The summed E-state index contributed by atoms with van der Waals surface area (Å²) in [6.07, 6.45) is 1.40. The quantitative estimate of drug-likeness (QED) is 0.851. The lowest BCUT2D eigenvalue weighted by atomic mass is 10.00. The largest absolute Gasteiger partial charge is 0.486 e. The van der Waals surface area contributed by atoms with Gasteiger partial charge in [0.2, 0.25) is 5.91 Å². The molecule has 4 nitrogen and oxygen atoms in total. The second-order valence-corrected chi connectivity index (χ2v) is 7.28. The highest BCUT2D eigenvalue weighted by Gasteiger charge is 2.14. The van der Waals surface area contributed by atoms with Crippen LogP contribution in [0.25, 0.3) is 0 Å². The number of ether oxygens (including phenoxy) is 2. The first kappa shape index (κ1) is 18.3. The van der Waals surface area contributed by atoms with Crippen LogP contribution < -0.4 is 14.8 Å². The molecule has 3 rings (SSSR count). The summed E-state index contributed by atoms with van der Waals surface area (Å²) in [5.41, 5.74) is 3.37. The van der Waals surface area contributed by atoms with Gasteiger partial charge in [0.25, 0.3) is 0 Å². The topological polar surface area (TPSA) is 47.6 Å². The zero-order valence-corrected chi connectivity index (χ0v) is 15.7. The molecule has 2 aromatic rings. The number of fused-ring (bicyclic) bond motifs is 1. The van der Waals surface area contributed by atoms with Gasteiger partial charge in [-0.1, -0.05) is 44.2 Å². The first-order valence-corrected chi connectivity index (χ1v) is 9.28. The van der Waals surface area contributed by atoms with E-state index in [2.05, 4.69) is 43.4 Å².